The number of amides is 3. The van der Waals surface area contributed by atoms with Gasteiger partial charge >= 0.3 is 0 Å². The van der Waals surface area contributed by atoms with Crippen LogP contribution in [0.4, 0.5) is 34.1 Å². The Morgan fingerprint density at radius 1 is 0.415 bits per heavy atom. The van der Waals surface area contributed by atoms with Gasteiger partial charge in [0.15, 0.2) is 0 Å². The highest BCUT2D eigenvalue weighted by Gasteiger charge is 2.36. The van der Waals surface area contributed by atoms with Crippen molar-refractivity contribution in [1.29, 1.82) is 0 Å². The summed E-state index contributed by atoms with van der Waals surface area (Å²) >= 11 is 0. The highest BCUT2D eigenvalue weighted by molar-refractivity contribution is 6.09. The monoisotopic (exact) mass is 718 g/mol. The Morgan fingerprint density at radius 3 is 1.00 bits per heavy atom. The summed E-state index contributed by atoms with van der Waals surface area (Å²) in [6, 6.07) is 18.1. The van der Waals surface area contributed by atoms with Gasteiger partial charge in [-0.3, -0.25) is 14.4 Å². The number of hydrogen-bond acceptors (Lipinski definition) is 4. The lowest BCUT2D eigenvalue weighted by Crippen LogP contribution is -2.32. The van der Waals surface area contributed by atoms with Crippen molar-refractivity contribution >= 4 is 51.8 Å². The van der Waals surface area contributed by atoms with Gasteiger partial charge in [-0.15, -0.1) is 0 Å². The van der Waals surface area contributed by atoms with Crippen LogP contribution in [0.2, 0.25) is 0 Å². The van der Waals surface area contributed by atoms with Gasteiger partial charge < -0.3 is 19.6 Å². The van der Waals surface area contributed by atoms with Crippen LogP contribution in [-0.4, -0.2) is 37.4 Å². The molecule has 284 valence electrons. The first kappa shape index (κ1) is 38.6. The normalized spacial score (nSPS) is 17.5. The average Bonchev–Trinajstić information content (AvgIpc) is 3.80. The Labute approximate surface area is 318 Å². The fourth-order valence-electron chi connectivity index (χ4n) is 7.73. The summed E-state index contributed by atoms with van der Waals surface area (Å²) < 4.78 is 0. The van der Waals surface area contributed by atoms with E-state index in [1.54, 1.807) is 0 Å². The molecule has 3 aliphatic heterocycles. The fourth-order valence-corrected chi connectivity index (χ4v) is 7.73. The minimum Gasteiger partial charge on any atom is -0.310 e. The highest BCUT2D eigenvalue weighted by Crippen LogP contribution is 2.50. The van der Waals surface area contributed by atoms with E-state index in [2.05, 4.69) is 130 Å². The van der Waals surface area contributed by atoms with Gasteiger partial charge in [-0.1, -0.05) is 95.2 Å². The number of anilines is 6. The first-order valence-corrected chi connectivity index (χ1v) is 19.8. The van der Waals surface area contributed by atoms with Gasteiger partial charge in [0.2, 0.25) is 17.7 Å². The van der Waals surface area contributed by atoms with Crippen molar-refractivity contribution in [2.24, 2.45) is 0 Å². The van der Waals surface area contributed by atoms with Crippen molar-refractivity contribution in [3.8, 4) is 0 Å². The van der Waals surface area contributed by atoms with Crippen LogP contribution in [0.15, 0.2) is 48.5 Å². The molecule has 0 spiro atoms. The van der Waals surface area contributed by atoms with Gasteiger partial charge in [-0.25, -0.2) is 0 Å². The summed E-state index contributed by atoms with van der Waals surface area (Å²) in [7, 11) is 0. The van der Waals surface area contributed by atoms with Crippen LogP contribution in [0.25, 0.3) is 0 Å². The smallest absolute Gasteiger partial charge is 0.227 e. The molecular formula is C46H62N4O3. The van der Waals surface area contributed by atoms with Crippen LogP contribution in [0.1, 0.15) is 144 Å². The van der Waals surface area contributed by atoms with Crippen molar-refractivity contribution < 1.29 is 14.4 Å². The molecule has 53 heavy (non-hydrogen) atoms. The van der Waals surface area contributed by atoms with Gasteiger partial charge in [0.25, 0.3) is 0 Å². The first-order valence-electron chi connectivity index (χ1n) is 19.8. The molecule has 0 saturated carbocycles. The molecule has 0 bridgehead atoms. The number of rotatable bonds is 6. The van der Waals surface area contributed by atoms with Gasteiger partial charge in [-0.05, 0) is 99.6 Å². The van der Waals surface area contributed by atoms with Crippen LogP contribution < -0.4 is 19.6 Å². The Hall–Kier alpha value is -4.13. The van der Waals surface area contributed by atoms with E-state index in [0.717, 1.165) is 53.4 Å². The van der Waals surface area contributed by atoms with Crippen LogP contribution >= 0.6 is 0 Å². The van der Waals surface area contributed by atoms with Crippen LogP contribution in [0, 0.1) is 0 Å². The second-order valence-electron chi connectivity index (χ2n) is 19.6. The van der Waals surface area contributed by atoms with Crippen molar-refractivity contribution in [1.82, 2.24) is 0 Å². The summed E-state index contributed by atoms with van der Waals surface area (Å²) in [5.74, 6) is 0.198. The van der Waals surface area contributed by atoms with Crippen LogP contribution in [0.5, 0.6) is 0 Å². The van der Waals surface area contributed by atoms with E-state index in [9.17, 15) is 14.4 Å². The van der Waals surface area contributed by atoms with E-state index < -0.39 is 0 Å². The highest BCUT2D eigenvalue weighted by atomic mass is 16.2. The lowest BCUT2D eigenvalue weighted by Gasteiger charge is -2.37. The number of hydrogen-bond donors (Lipinski definition) is 0. The molecule has 0 aromatic heterocycles. The molecule has 3 amide bonds. The molecule has 3 aromatic carbocycles. The lowest BCUT2D eigenvalue weighted by atomic mass is 9.79. The molecule has 0 N–H and O–H groups in total. The van der Waals surface area contributed by atoms with Crippen molar-refractivity contribution in [3.05, 3.63) is 70.8 Å². The fraction of sp³-hybridized carbons (Fsp3) is 0.543. The van der Waals surface area contributed by atoms with E-state index in [-0.39, 0.29) is 39.4 Å². The second kappa shape index (κ2) is 13.6. The maximum atomic E-state index is 13.8. The second-order valence-corrected chi connectivity index (χ2v) is 19.6. The number of carbonyl (C=O) groups excluding carboxylic acids is 3. The molecular weight excluding hydrogens is 657 g/mol. The minimum atomic E-state index is -0.133. The van der Waals surface area contributed by atoms with Crippen molar-refractivity contribution in [2.45, 2.75) is 143 Å². The van der Waals surface area contributed by atoms with Crippen molar-refractivity contribution in [3.63, 3.8) is 0 Å². The third-order valence-electron chi connectivity index (χ3n) is 11.2. The van der Waals surface area contributed by atoms with Crippen molar-refractivity contribution in [2.75, 3.05) is 39.2 Å². The van der Waals surface area contributed by atoms with E-state index in [0.29, 0.717) is 38.9 Å². The largest absolute Gasteiger partial charge is 0.310 e. The van der Waals surface area contributed by atoms with Crippen LogP contribution in [0.3, 0.4) is 0 Å². The third-order valence-corrected chi connectivity index (χ3v) is 11.2. The summed E-state index contributed by atoms with van der Waals surface area (Å²) in [5, 5.41) is 0. The van der Waals surface area contributed by atoms with Gasteiger partial charge in [0.1, 0.15) is 0 Å². The molecule has 3 fully saturated rings. The zero-order valence-corrected chi connectivity index (χ0v) is 34.5. The van der Waals surface area contributed by atoms with Gasteiger partial charge in [-0.2, -0.15) is 0 Å². The topological polar surface area (TPSA) is 64.2 Å². The Bertz CT molecular complexity index is 1790. The average molecular weight is 719 g/mol. The maximum Gasteiger partial charge on any atom is 0.227 e. The molecule has 3 heterocycles. The zero-order valence-electron chi connectivity index (χ0n) is 34.5. The molecule has 0 unspecified atom stereocenters. The summed E-state index contributed by atoms with van der Waals surface area (Å²) in [5.41, 5.74) is 9.44. The molecule has 0 radical (unpaired) electrons. The molecule has 3 saturated heterocycles. The Kier molecular flexibility index (Phi) is 9.92. The number of carbonyl (C=O) groups is 3. The number of benzene rings is 3. The standard InChI is InChI=1S/C46H62N4O3/c1-43(2,3)30-22-31(44(4,5)6)25-34(24-30)50(35-26-32(45(7,8)9)23-33(27-35)46(10,11)12)39-29-37(48-20-14-17-41(48)52)36(47-19-13-16-40(47)51)28-38(39)49-21-15-18-42(49)53/h22-29H,13-21H2,1-12H3. The molecule has 0 aliphatic carbocycles. The van der Waals surface area contributed by atoms with Crippen LogP contribution in [-0.2, 0) is 36.0 Å². The predicted molar refractivity (Wildman–Crippen MR) is 221 cm³/mol. The minimum absolute atomic E-state index is 0.0570. The summed E-state index contributed by atoms with van der Waals surface area (Å²) in [4.78, 5) is 48.8. The van der Waals surface area contributed by atoms with E-state index in [4.69, 9.17) is 0 Å². The molecule has 3 aromatic rings. The molecule has 0 atom stereocenters. The quantitative estimate of drug-likeness (QED) is 0.255. The summed E-state index contributed by atoms with van der Waals surface area (Å²) in [6.07, 6.45) is 3.73. The van der Waals surface area contributed by atoms with E-state index in [1.807, 2.05) is 20.8 Å². The molecule has 7 heteroatoms. The molecule has 7 nitrogen and oxygen atoms in total. The zero-order chi connectivity index (χ0) is 38.8. The maximum absolute atomic E-state index is 13.8. The molecule has 3 aliphatic rings. The van der Waals surface area contributed by atoms with E-state index >= 15 is 0 Å². The number of nitrogens with zero attached hydrogens (tertiary/aromatic N) is 4. The van der Waals surface area contributed by atoms with E-state index in [1.165, 1.54) is 22.3 Å². The predicted octanol–water partition coefficient (Wildman–Crippen LogP) is 10.7. The lowest BCUT2D eigenvalue weighted by molar-refractivity contribution is -0.118. The Balaban J connectivity index is 1.78. The van der Waals surface area contributed by atoms with Gasteiger partial charge in [0.05, 0.1) is 22.7 Å². The van der Waals surface area contributed by atoms with Gasteiger partial charge in [0, 0.05) is 50.3 Å². The third kappa shape index (κ3) is 7.77. The SMILES string of the molecule is CC(C)(C)c1cc(N(c2cc(C(C)(C)C)cc(C(C)(C)C)c2)c2cc(N3CCCC3=O)c(N3CCCC3=O)cc2N2CCCC2=O)cc(C(C)(C)C)c1. The summed E-state index contributed by atoms with van der Waals surface area (Å²) in [6.45, 7) is 28.9. The Morgan fingerprint density at radius 2 is 0.717 bits per heavy atom. The molecule has 6 rings (SSSR count). The first-order chi connectivity index (χ1) is 24.5.